The van der Waals surface area contributed by atoms with E-state index in [9.17, 15) is 13.6 Å². The number of rotatable bonds is 4. The number of aromatic nitrogens is 2. The fourth-order valence-electron chi connectivity index (χ4n) is 4.38. The van der Waals surface area contributed by atoms with Crippen LogP contribution in [0.25, 0.3) is 0 Å². The highest BCUT2D eigenvalue weighted by molar-refractivity contribution is 5.99. The van der Waals surface area contributed by atoms with Crippen LogP contribution in [-0.2, 0) is 10.2 Å². The van der Waals surface area contributed by atoms with Crippen molar-refractivity contribution < 1.29 is 13.6 Å². The molecule has 2 fully saturated rings. The van der Waals surface area contributed by atoms with E-state index in [0.29, 0.717) is 30.1 Å². The first kappa shape index (κ1) is 18.1. The standard InChI is InChI=1S/C20H24F2N4O/c21-15-9-14(10-16(22)11-15)20(5-1-2-6-20)19(27)25-17-12-24-26(13-17)18-3-7-23-8-4-18/h9-13,18,23H,1-8H2,(H,25,27). The molecular weight excluding hydrogens is 350 g/mol. The molecule has 0 radical (unpaired) electrons. The summed E-state index contributed by atoms with van der Waals surface area (Å²) in [5.41, 5.74) is 0.155. The lowest BCUT2D eigenvalue weighted by atomic mass is 9.78. The lowest BCUT2D eigenvalue weighted by molar-refractivity contribution is -0.121. The Morgan fingerprint density at radius 2 is 1.81 bits per heavy atom. The van der Waals surface area contributed by atoms with E-state index < -0.39 is 17.0 Å². The number of anilines is 1. The number of piperidine rings is 1. The quantitative estimate of drug-likeness (QED) is 0.861. The van der Waals surface area contributed by atoms with Crippen LogP contribution in [0.4, 0.5) is 14.5 Å². The number of carbonyl (C=O) groups is 1. The summed E-state index contributed by atoms with van der Waals surface area (Å²) in [5.74, 6) is -1.51. The lowest BCUT2D eigenvalue weighted by Crippen LogP contribution is -2.38. The second-order valence-corrected chi connectivity index (χ2v) is 7.59. The van der Waals surface area contributed by atoms with Gasteiger partial charge in [-0.25, -0.2) is 8.78 Å². The van der Waals surface area contributed by atoms with Gasteiger partial charge in [0.15, 0.2) is 0 Å². The molecule has 7 heteroatoms. The average Bonchev–Trinajstić information content (AvgIpc) is 3.32. The Morgan fingerprint density at radius 3 is 2.48 bits per heavy atom. The van der Waals surface area contributed by atoms with Crippen molar-refractivity contribution >= 4 is 11.6 Å². The molecule has 0 unspecified atom stereocenters. The Kier molecular flexibility index (Phi) is 4.95. The molecule has 1 saturated carbocycles. The van der Waals surface area contributed by atoms with Crippen molar-refractivity contribution in [3.8, 4) is 0 Å². The molecule has 0 spiro atoms. The third-order valence-corrected chi connectivity index (χ3v) is 5.85. The Morgan fingerprint density at radius 1 is 1.15 bits per heavy atom. The summed E-state index contributed by atoms with van der Waals surface area (Å²) in [5, 5.41) is 10.7. The van der Waals surface area contributed by atoms with E-state index in [4.69, 9.17) is 0 Å². The summed E-state index contributed by atoms with van der Waals surface area (Å²) >= 11 is 0. The van der Waals surface area contributed by atoms with Crippen molar-refractivity contribution in [2.75, 3.05) is 18.4 Å². The maximum Gasteiger partial charge on any atom is 0.235 e. The number of hydrogen-bond donors (Lipinski definition) is 2. The van der Waals surface area contributed by atoms with Crippen molar-refractivity contribution in [2.24, 2.45) is 0 Å². The number of amides is 1. The summed E-state index contributed by atoms with van der Waals surface area (Å²) in [6.45, 7) is 1.92. The Labute approximate surface area is 157 Å². The van der Waals surface area contributed by atoms with Crippen LogP contribution in [0, 0.1) is 11.6 Å². The van der Waals surface area contributed by atoms with Crippen LogP contribution in [0.5, 0.6) is 0 Å². The number of halogens is 2. The topological polar surface area (TPSA) is 59.0 Å². The minimum Gasteiger partial charge on any atom is -0.323 e. The SMILES string of the molecule is O=C(Nc1cnn(C2CCNCC2)c1)C1(c2cc(F)cc(F)c2)CCCC1. The molecule has 144 valence electrons. The zero-order valence-corrected chi connectivity index (χ0v) is 15.2. The van der Waals surface area contributed by atoms with Crippen LogP contribution in [-0.4, -0.2) is 28.8 Å². The molecule has 1 aliphatic heterocycles. The van der Waals surface area contributed by atoms with Crippen LogP contribution < -0.4 is 10.6 Å². The van der Waals surface area contributed by atoms with Gasteiger partial charge >= 0.3 is 0 Å². The summed E-state index contributed by atoms with van der Waals surface area (Å²) in [6, 6.07) is 3.74. The normalized spacial score (nSPS) is 19.9. The van der Waals surface area contributed by atoms with Crippen LogP contribution in [0.1, 0.15) is 50.1 Å². The molecule has 27 heavy (non-hydrogen) atoms. The maximum atomic E-state index is 13.8. The van der Waals surface area contributed by atoms with Crippen molar-refractivity contribution in [2.45, 2.75) is 50.0 Å². The van der Waals surface area contributed by atoms with Crippen LogP contribution in [0.15, 0.2) is 30.6 Å². The van der Waals surface area contributed by atoms with Gasteiger partial charge in [-0.2, -0.15) is 5.10 Å². The van der Waals surface area contributed by atoms with Crippen molar-refractivity contribution in [3.05, 3.63) is 47.8 Å². The van der Waals surface area contributed by atoms with Gasteiger partial charge in [-0.3, -0.25) is 9.48 Å². The van der Waals surface area contributed by atoms with Gasteiger partial charge in [0.25, 0.3) is 0 Å². The molecule has 2 aliphatic rings. The summed E-state index contributed by atoms with van der Waals surface area (Å²) in [4.78, 5) is 13.1. The summed E-state index contributed by atoms with van der Waals surface area (Å²) < 4.78 is 29.4. The van der Waals surface area contributed by atoms with Gasteiger partial charge in [0.2, 0.25) is 5.91 Å². The Balaban J connectivity index is 1.55. The number of nitrogens with zero attached hydrogens (tertiary/aromatic N) is 2. The average molecular weight is 374 g/mol. The summed E-state index contributed by atoms with van der Waals surface area (Å²) in [7, 11) is 0. The molecule has 1 aromatic carbocycles. The van der Waals surface area contributed by atoms with Crippen LogP contribution in [0.3, 0.4) is 0 Å². The third-order valence-electron chi connectivity index (χ3n) is 5.85. The third kappa shape index (κ3) is 3.60. The van der Waals surface area contributed by atoms with Crippen LogP contribution in [0.2, 0.25) is 0 Å². The van der Waals surface area contributed by atoms with Gasteiger partial charge in [0.05, 0.1) is 23.3 Å². The first-order valence-electron chi connectivity index (χ1n) is 9.60. The Hall–Kier alpha value is -2.28. The van der Waals surface area contributed by atoms with E-state index >= 15 is 0 Å². The lowest BCUT2D eigenvalue weighted by Gasteiger charge is -2.28. The van der Waals surface area contributed by atoms with Gasteiger partial charge in [0, 0.05) is 12.3 Å². The maximum absolute atomic E-state index is 13.8. The highest BCUT2D eigenvalue weighted by Gasteiger charge is 2.43. The molecule has 0 atom stereocenters. The molecule has 5 nitrogen and oxygen atoms in total. The van der Waals surface area contributed by atoms with Gasteiger partial charge < -0.3 is 10.6 Å². The second-order valence-electron chi connectivity index (χ2n) is 7.59. The molecule has 1 aromatic heterocycles. The molecule has 2 N–H and O–H groups in total. The molecule has 2 heterocycles. The molecule has 2 aromatic rings. The van der Waals surface area contributed by atoms with Crippen molar-refractivity contribution in [3.63, 3.8) is 0 Å². The predicted molar refractivity (Wildman–Crippen MR) is 98.5 cm³/mol. The summed E-state index contributed by atoms with van der Waals surface area (Å²) in [6.07, 6.45) is 8.40. The molecule has 1 aliphatic carbocycles. The fourth-order valence-corrected chi connectivity index (χ4v) is 4.38. The molecule has 1 saturated heterocycles. The van der Waals surface area contributed by atoms with E-state index in [1.807, 2.05) is 10.9 Å². The highest BCUT2D eigenvalue weighted by atomic mass is 19.1. The molecule has 4 rings (SSSR count). The minimum absolute atomic E-state index is 0.213. The number of carbonyl (C=O) groups excluding carboxylic acids is 1. The first-order valence-corrected chi connectivity index (χ1v) is 9.60. The van der Waals surface area contributed by atoms with E-state index in [2.05, 4.69) is 15.7 Å². The fraction of sp³-hybridized carbons (Fsp3) is 0.500. The van der Waals surface area contributed by atoms with Crippen molar-refractivity contribution in [1.29, 1.82) is 0 Å². The number of benzene rings is 1. The number of nitrogens with one attached hydrogen (secondary N) is 2. The molecule has 1 amide bonds. The van der Waals surface area contributed by atoms with Crippen molar-refractivity contribution in [1.82, 2.24) is 15.1 Å². The zero-order chi connectivity index (χ0) is 18.9. The van der Waals surface area contributed by atoms with E-state index in [-0.39, 0.29) is 5.91 Å². The van der Waals surface area contributed by atoms with Gasteiger partial charge in [-0.1, -0.05) is 12.8 Å². The Bertz CT molecular complexity index is 803. The number of hydrogen-bond acceptors (Lipinski definition) is 3. The first-order chi connectivity index (χ1) is 13.1. The van der Waals surface area contributed by atoms with Gasteiger partial charge in [0.1, 0.15) is 11.6 Å². The zero-order valence-electron chi connectivity index (χ0n) is 15.2. The van der Waals surface area contributed by atoms with Crippen LogP contribution >= 0.6 is 0 Å². The van der Waals surface area contributed by atoms with Gasteiger partial charge in [-0.05, 0) is 56.5 Å². The van der Waals surface area contributed by atoms with E-state index in [1.54, 1.807) is 6.20 Å². The predicted octanol–water partition coefficient (Wildman–Crippen LogP) is 3.54. The molecule has 0 bridgehead atoms. The molecular formula is C20H24F2N4O. The largest absolute Gasteiger partial charge is 0.323 e. The minimum atomic E-state index is -0.889. The monoisotopic (exact) mass is 374 g/mol. The van der Waals surface area contributed by atoms with Gasteiger partial charge in [-0.15, -0.1) is 0 Å². The smallest absolute Gasteiger partial charge is 0.235 e. The van der Waals surface area contributed by atoms with E-state index in [0.717, 1.165) is 44.8 Å². The van der Waals surface area contributed by atoms with E-state index in [1.165, 1.54) is 12.1 Å². The highest BCUT2D eigenvalue weighted by Crippen LogP contribution is 2.42. The second kappa shape index (κ2) is 7.38.